The molecule has 0 radical (unpaired) electrons. The molecule has 0 aromatic carbocycles. The van der Waals surface area contributed by atoms with Gasteiger partial charge in [0.05, 0.1) is 0 Å². The molecule has 0 aromatic heterocycles. The van der Waals surface area contributed by atoms with Crippen molar-refractivity contribution in [3.8, 4) is 0 Å². The first-order valence-electron chi connectivity index (χ1n) is 8.58. The van der Waals surface area contributed by atoms with Crippen LogP contribution in [0.2, 0.25) is 0 Å². The van der Waals surface area contributed by atoms with E-state index in [0.29, 0.717) is 6.04 Å². The molecular weight excluding hydrogens is 264 g/mol. The first-order chi connectivity index (χ1) is 9.87. The fourth-order valence-electron chi connectivity index (χ4n) is 3.07. The van der Waals surface area contributed by atoms with Crippen LogP contribution in [0.1, 0.15) is 66.7 Å². The molecule has 1 amide bonds. The second-order valence-corrected chi connectivity index (χ2v) is 7.13. The van der Waals surface area contributed by atoms with Crippen molar-refractivity contribution in [3.05, 3.63) is 0 Å². The van der Waals surface area contributed by atoms with Gasteiger partial charge in [0.15, 0.2) is 0 Å². The van der Waals surface area contributed by atoms with E-state index in [-0.39, 0.29) is 6.09 Å². The van der Waals surface area contributed by atoms with Crippen LogP contribution in [0.25, 0.3) is 0 Å². The van der Waals surface area contributed by atoms with Crippen LogP contribution in [0.3, 0.4) is 0 Å². The van der Waals surface area contributed by atoms with Crippen molar-refractivity contribution < 1.29 is 9.53 Å². The lowest BCUT2D eigenvalue weighted by Crippen LogP contribution is -2.43. The first kappa shape index (κ1) is 18.3. The summed E-state index contributed by atoms with van der Waals surface area (Å²) in [5.41, 5.74) is -0.421. The van der Waals surface area contributed by atoms with E-state index in [1.807, 2.05) is 25.7 Å². The zero-order chi connectivity index (χ0) is 15.9. The summed E-state index contributed by atoms with van der Waals surface area (Å²) in [7, 11) is 0. The van der Waals surface area contributed by atoms with Gasteiger partial charge in [-0.15, -0.1) is 0 Å². The van der Waals surface area contributed by atoms with Crippen molar-refractivity contribution in [2.24, 2.45) is 5.92 Å². The molecule has 4 heteroatoms. The van der Waals surface area contributed by atoms with Gasteiger partial charge in [-0.05, 0) is 46.0 Å². The van der Waals surface area contributed by atoms with Gasteiger partial charge in [0.1, 0.15) is 5.60 Å². The van der Waals surface area contributed by atoms with Crippen LogP contribution in [0, 0.1) is 5.92 Å². The van der Waals surface area contributed by atoms with E-state index in [9.17, 15) is 4.79 Å². The second-order valence-electron chi connectivity index (χ2n) is 7.13. The molecule has 4 nitrogen and oxygen atoms in total. The van der Waals surface area contributed by atoms with Gasteiger partial charge in [0.25, 0.3) is 0 Å². The largest absolute Gasteiger partial charge is 0.444 e. The number of hydrogen-bond donors (Lipinski definition) is 1. The second kappa shape index (κ2) is 8.62. The molecule has 21 heavy (non-hydrogen) atoms. The van der Waals surface area contributed by atoms with Gasteiger partial charge in [-0.25, -0.2) is 4.79 Å². The molecule has 1 fully saturated rings. The van der Waals surface area contributed by atoms with Crippen molar-refractivity contribution in [3.63, 3.8) is 0 Å². The van der Waals surface area contributed by atoms with Gasteiger partial charge in [-0.3, -0.25) is 0 Å². The summed E-state index contributed by atoms with van der Waals surface area (Å²) in [6, 6.07) is 0.636. The Morgan fingerprint density at radius 2 is 1.95 bits per heavy atom. The third kappa shape index (κ3) is 6.68. The van der Waals surface area contributed by atoms with Crippen LogP contribution in [-0.4, -0.2) is 42.3 Å². The fraction of sp³-hybridized carbons (Fsp3) is 0.941. The molecule has 2 unspecified atom stereocenters. The zero-order valence-electron chi connectivity index (χ0n) is 14.6. The lowest BCUT2D eigenvalue weighted by molar-refractivity contribution is 0.0250. The number of carbonyl (C=O) groups is 1. The van der Waals surface area contributed by atoms with Crippen molar-refractivity contribution in [2.45, 2.75) is 78.4 Å². The molecule has 1 N–H and O–H groups in total. The Labute approximate surface area is 130 Å². The summed E-state index contributed by atoms with van der Waals surface area (Å²) in [6.45, 7) is 12.5. The minimum Gasteiger partial charge on any atom is -0.444 e. The molecule has 124 valence electrons. The van der Waals surface area contributed by atoms with E-state index in [0.717, 1.165) is 32.0 Å². The molecule has 1 aliphatic carbocycles. The number of amides is 1. The minimum atomic E-state index is -0.421. The summed E-state index contributed by atoms with van der Waals surface area (Å²) in [5, 5.41) is 3.64. The minimum absolute atomic E-state index is 0.190. The number of hydrogen-bond acceptors (Lipinski definition) is 3. The van der Waals surface area contributed by atoms with Crippen LogP contribution in [0.15, 0.2) is 0 Å². The summed E-state index contributed by atoms with van der Waals surface area (Å²) in [6.07, 6.45) is 5.98. The van der Waals surface area contributed by atoms with E-state index < -0.39 is 5.60 Å². The number of ether oxygens (including phenoxy) is 1. The highest BCUT2D eigenvalue weighted by atomic mass is 16.6. The van der Waals surface area contributed by atoms with Crippen LogP contribution in [-0.2, 0) is 4.74 Å². The van der Waals surface area contributed by atoms with Crippen LogP contribution in [0.4, 0.5) is 4.79 Å². The Morgan fingerprint density at radius 3 is 2.52 bits per heavy atom. The Balaban J connectivity index is 2.38. The summed E-state index contributed by atoms with van der Waals surface area (Å²) in [4.78, 5) is 14.0. The smallest absolute Gasteiger partial charge is 0.410 e. The van der Waals surface area contributed by atoms with Crippen LogP contribution < -0.4 is 5.32 Å². The highest BCUT2D eigenvalue weighted by Crippen LogP contribution is 2.27. The number of rotatable bonds is 7. The highest BCUT2D eigenvalue weighted by molar-refractivity contribution is 5.68. The molecule has 1 aliphatic rings. The monoisotopic (exact) mass is 298 g/mol. The third-order valence-corrected chi connectivity index (χ3v) is 4.12. The fourth-order valence-corrected chi connectivity index (χ4v) is 3.07. The molecule has 0 aromatic rings. The van der Waals surface area contributed by atoms with Crippen LogP contribution >= 0.6 is 0 Å². The van der Waals surface area contributed by atoms with Gasteiger partial charge < -0.3 is 15.0 Å². The molecule has 0 heterocycles. The Morgan fingerprint density at radius 1 is 1.24 bits per heavy atom. The Bertz CT molecular complexity index is 312. The summed E-state index contributed by atoms with van der Waals surface area (Å²) in [5.74, 6) is 0.811. The average molecular weight is 298 g/mol. The molecule has 0 spiro atoms. The maximum atomic E-state index is 12.2. The predicted octanol–water partition coefficient (Wildman–Crippen LogP) is 3.80. The molecular formula is C17H34N2O2. The molecule has 1 saturated carbocycles. The SMILES string of the molecule is CCCN(CCNC1CCCC1CC)C(=O)OC(C)(C)C. The Kier molecular flexibility index (Phi) is 7.50. The van der Waals surface area contributed by atoms with Gasteiger partial charge in [0, 0.05) is 25.7 Å². The van der Waals surface area contributed by atoms with E-state index in [2.05, 4.69) is 19.2 Å². The van der Waals surface area contributed by atoms with Gasteiger partial charge >= 0.3 is 6.09 Å². The average Bonchev–Trinajstić information content (AvgIpc) is 2.83. The Hall–Kier alpha value is -0.770. The summed E-state index contributed by atoms with van der Waals surface area (Å²) < 4.78 is 5.48. The maximum absolute atomic E-state index is 12.2. The normalized spacial score (nSPS) is 22.3. The molecule has 1 rings (SSSR count). The zero-order valence-corrected chi connectivity index (χ0v) is 14.6. The molecule has 0 saturated heterocycles. The number of carbonyl (C=O) groups excluding carboxylic acids is 1. The van der Waals surface area contributed by atoms with Crippen molar-refractivity contribution in [1.29, 1.82) is 0 Å². The van der Waals surface area contributed by atoms with Crippen molar-refractivity contribution in [2.75, 3.05) is 19.6 Å². The van der Waals surface area contributed by atoms with Gasteiger partial charge in [-0.1, -0.05) is 26.7 Å². The topological polar surface area (TPSA) is 41.6 Å². The third-order valence-electron chi connectivity index (χ3n) is 4.12. The first-order valence-corrected chi connectivity index (χ1v) is 8.58. The van der Waals surface area contributed by atoms with E-state index in [1.54, 1.807) is 0 Å². The lowest BCUT2D eigenvalue weighted by Gasteiger charge is -2.28. The van der Waals surface area contributed by atoms with Crippen molar-refractivity contribution >= 4 is 6.09 Å². The standard InChI is InChI=1S/C17H34N2O2/c1-6-12-19(16(20)21-17(3,4)5)13-11-18-15-10-8-9-14(15)7-2/h14-15,18H,6-13H2,1-5H3. The number of nitrogens with zero attached hydrogens (tertiary/aromatic N) is 1. The summed E-state index contributed by atoms with van der Waals surface area (Å²) >= 11 is 0. The highest BCUT2D eigenvalue weighted by Gasteiger charge is 2.26. The molecule has 2 atom stereocenters. The van der Waals surface area contributed by atoms with Crippen LogP contribution in [0.5, 0.6) is 0 Å². The quantitative estimate of drug-likeness (QED) is 0.777. The van der Waals surface area contributed by atoms with Gasteiger partial charge in [0.2, 0.25) is 0 Å². The van der Waals surface area contributed by atoms with E-state index >= 15 is 0 Å². The molecule has 0 bridgehead atoms. The van der Waals surface area contributed by atoms with E-state index in [4.69, 9.17) is 4.74 Å². The molecule has 0 aliphatic heterocycles. The maximum Gasteiger partial charge on any atom is 0.410 e. The lowest BCUT2D eigenvalue weighted by atomic mass is 10.0. The predicted molar refractivity (Wildman–Crippen MR) is 87.5 cm³/mol. The van der Waals surface area contributed by atoms with Gasteiger partial charge in [-0.2, -0.15) is 0 Å². The number of nitrogens with one attached hydrogen (secondary N) is 1. The van der Waals surface area contributed by atoms with Crippen molar-refractivity contribution in [1.82, 2.24) is 10.2 Å². The van der Waals surface area contributed by atoms with E-state index in [1.165, 1.54) is 25.7 Å².